The Bertz CT molecular complexity index is 1380. The van der Waals surface area contributed by atoms with E-state index in [9.17, 15) is 18.4 Å². The van der Waals surface area contributed by atoms with Gasteiger partial charge >= 0.3 is 6.29 Å². The number of aromatic nitrogens is 1. The monoisotopic (exact) mass is 595 g/mol. The van der Waals surface area contributed by atoms with E-state index in [1.54, 1.807) is 42.6 Å². The quantitative estimate of drug-likeness (QED) is 0.167. The molecule has 4 rings (SSSR count). The molecule has 0 bridgehead atoms. The maximum Gasteiger partial charge on any atom is 0.586 e. The van der Waals surface area contributed by atoms with Crippen LogP contribution in [0.3, 0.4) is 0 Å². The number of anilines is 2. The van der Waals surface area contributed by atoms with Gasteiger partial charge in [-0.1, -0.05) is 38.8 Å². The van der Waals surface area contributed by atoms with Crippen molar-refractivity contribution in [1.82, 2.24) is 15.2 Å². The smallest absolute Gasteiger partial charge is 0.395 e. The Kier molecular flexibility index (Phi) is 11.3. The van der Waals surface area contributed by atoms with Crippen molar-refractivity contribution in [3.05, 3.63) is 77.6 Å². The van der Waals surface area contributed by atoms with Gasteiger partial charge in [0.1, 0.15) is 5.69 Å². The van der Waals surface area contributed by atoms with E-state index in [0.29, 0.717) is 30.0 Å². The molecule has 0 saturated heterocycles. The van der Waals surface area contributed by atoms with Crippen molar-refractivity contribution in [2.45, 2.75) is 58.8 Å². The van der Waals surface area contributed by atoms with Crippen LogP contribution in [0.4, 0.5) is 20.2 Å². The molecule has 0 saturated carbocycles. The zero-order valence-electron chi connectivity index (χ0n) is 24.6. The molecule has 0 atom stereocenters. The van der Waals surface area contributed by atoms with Crippen molar-refractivity contribution >= 4 is 23.2 Å². The first-order valence-electron chi connectivity index (χ1n) is 14.8. The molecule has 0 fully saturated rings. The third-order valence-corrected chi connectivity index (χ3v) is 6.96. The number of hydrogen-bond acceptors (Lipinski definition) is 7. The molecule has 1 aliphatic heterocycles. The number of nitrogens with zero attached hydrogens (tertiary/aromatic N) is 2. The van der Waals surface area contributed by atoms with Crippen LogP contribution in [0.25, 0.3) is 0 Å². The second-order valence-corrected chi connectivity index (χ2v) is 10.4. The topological polar surface area (TPSA) is 105 Å². The third-order valence-electron chi connectivity index (χ3n) is 6.96. The van der Waals surface area contributed by atoms with Crippen LogP contribution in [0.1, 0.15) is 72.4 Å². The van der Waals surface area contributed by atoms with Gasteiger partial charge in [0.2, 0.25) is 0 Å². The van der Waals surface area contributed by atoms with Gasteiger partial charge in [-0.3, -0.25) is 14.6 Å². The SMILES string of the molecule is CCCCN(CCCC)CCCNC(=O)c1cc(CNc2ccccc2C(=O)Nc2ccc3c(c2)OC(F)(F)O3)ccn1. The van der Waals surface area contributed by atoms with Crippen LogP contribution in [0, 0.1) is 0 Å². The molecule has 2 amide bonds. The Morgan fingerprint density at radius 3 is 2.37 bits per heavy atom. The number of nitrogens with one attached hydrogen (secondary N) is 3. The van der Waals surface area contributed by atoms with Crippen LogP contribution < -0.4 is 25.4 Å². The Hall–Kier alpha value is -4.25. The van der Waals surface area contributed by atoms with Gasteiger partial charge in [0.05, 0.1) is 5.56 Å². The number of carbonyl (C=O) groups excluding carboxylic acids is 2. The zero-order valence-corrected chi connectivity index (χ0v) is 24.6. The summed E-state index contributed by atoms with van der Waals surface area (Å²) in [4.78, 5) is 32.5. The molecule has 3 aromatic rings. The largest absolute Gasteiger partial charge is 0.586 e. The van der Waals surface area contributed by atoms with Crippen molar-refractivity contribution in [2.75, 3.05) is 36.8 Å². The second-order valence-electron chi connectivity index (χ2n) is 10.4. The van der Waals surface area contributed by atoms with Gasteiger partial charge in [0, 0.05) is 36.7 Å². The molecular weight excluding hydrogens is 556 g/mol. The number of carbonyl (C=O) groups is 2. The number of benzene rings is 2. The standard InChI is InChI=1S/C32H39F2N5O4/c1-3-5-17-39(18-6-4-2)19-9-15-36-31(41)27-20-23(14-16-35-27)22-37-26-11-8-7-10-25(26)30(40)38-24-12-13-28-29(21-24)43-32(33,34)42-28/h7-8,10-14,16,20-21,37H,3-6,9,15,17-19,22H2,1-2H3,(H,36,41)(H,38,40). The van der Waals surface area contributed by atoms with E-state index in [4.69, 9.17) is 0 Å². The molecule has 0 unspecified atom stereocenters. The molecule has 11 heteroatoms. The van der Waals surface area contributed by atoms with Gasteiger partial charge in [0.15, 0.2) is 11.5 Å². The highest BCUT2D eigenvalue weighted by atomic mass is 19.3. The van der Waals surface area contributed by atoms with Crippen LogP contribution in [0.2, 0.25) is 0 Å². The van der Waals surface area contributed by atoms with Gasteiger partial charge in [-0.2, -0.15) is 0 Å². The van der Waals surface area contributed by atoms with Gasteiger partial charge in [-0.25, -0.2) is 0 Å². The summed E-state index contributed by atoms with van der Waals surface area (Å²) in [5.74, 6) is -0.928. The summed E-state index contributed by atoms with van der Waals surface area (Å²) in [7, 11) is 0. The summed E-state index contributed by atoms with van der Waals surface area (Å²) in [5.41, 5.74) is 2.33. The highest BCUT2D eigenvalue weighted by Crippen LogP contribution is 2.42. The highest BCUT2D eigenvalue weighted by Gasteiger charge is 2.43. The number of amides is 2. The predicted octanol–water partition coefficient (Wildman–Crippen LogP) is 6.29. The fourth-order valence-electron chi connectivity index (χ4n) is 4.66. The summed E-state index contributed by atoms with van der Waals surface area (Å²) in [6.07, 6.45) is 3.42. The molecule has 230 valence electrons. The van der Waals surface area contributed by atoms with Gasteiger partial charge in [0.25, 0.3) is 11.8 Å². The van der Waals surface area contributed by atoms with Crippen molar-refractivity contribution in [2.24, 2.45) is 0 Å². The molecule has 0 spiro atoms. The molecule has 9 nitrogen and oxygen atoms in total. The number of pyridine rings is 1. The fourth-order valence-corrected chi connectivity index (χ4v) is 4.66. The second kappa shape index (κ2) is 15.3. The van der Waals surface area contributed by atoms with E-state index in [1.165, 1.54) is 43.9 Å². The molecule has 0 aliphatic carbocycles. The molecule has 3 N–H and O–H groups in total. The Balaban J connectivity index is 1.30. The minimum absolute atomic E-state index is 0.105. The average Bonchev–Trinajstić information content (AvgIpc) is 3.32. The van der Waals surface area contributed by atoms with E-state index < -0.39 is 12.2 Å². The van der Waals surface area contributed by atoms with Crippen molar-refractivity contribution in [3.63, 3.8) is 0 Å². The molecule has 1 aliphatic rings. The van der Waals surface area contributed by atoms with Crippen molar-refractivity contribution in [1.29, 1.82) is 0 Å². The maximum atomic E-state index is 13.3. The molecule has 2 heterocycles. The Morgan fingerprint density at radius 2 is 1.60 bits per heavy atom. The number of fused-ring (bicyclic) bond motifs is 1. The molecule has 0 radical (unpaired) electrons. The first-order chi connectivity index (χ1) is 20.8. The number of alkyl halides is 2. The average molecular weight is 596 g/mol. The van der Waals surface area contributed by atoms with Crippen LogP contribution in [0.15, 0.2) is 60.8 Å². The Labute approximate surface area is 251 Å². The third kappa shape index (κ3) is 9.37. The number of para-hydroxylation sites is 1. The number of ether oxygens (including phenoxy) is 2. The molecule has 43 heavy (non-hydrogen) atoms. The lowest BCUT2D eigenvalue weighted by atomic mass is 10.1. The molecule has 1 aromatic heterocycles. The van der Waals surface area contributed by atoms with Crippen molar-refractivity contribution in [3.8, 4) is 11.5 Å². The summed E-state index contributed by atoms with van der Waals surface area (Å²) in [6.45, 7) is 8.44. The number of unbranched alkanes of at least 4 members (excludes halogenated alkanes) is 2. The van der Waals surface area contributed by atoms with Crippen LogP contribution >= 0.6 is 0 Å². The number of halogens is 2. The van der Waals surface area contributed by atoms with E-state index in [1.807, 2.05) is 0 Å². The predicted molar refractivity (Wildman–Crippen MR) is 162 cm³/mol. The first kappa shape index (κ1) is 31.7. The van der Waals surface area contributed by atoms with Gasteiger partial charge in [-0.05, 0) is 80.9 Å². The van der Waals surface area contributed by atoms with E-state index >= 15 is 0 Å². The maximum absolute atomic E-state index is 13.3. The van der Waals surface area contributed by atoms with Gasteiger partial charge in [-0.15, -0.1) is 8.78 Å². The normalized spacial score (nSPS) is 13.1. The van der Waals surface area contributed by atoms with E-state index in [-0.39, 0.29) is 23.1 Å². The first-order valence-corrected chi connectivity index (χ1v) is 14.8. The number of hydrogen-bond donors (Lipinski definition) is 3. The van der Waals surface area contributed by atoms with Crippen LogP contribution in [-0.2, 0) is 6.54 Å². The number of rotatable bonds is 16. The summed E-state index contributed by atoms with van der Waals surface area (Å²) >= 11 is 0. The minimum Gasteiger partial charge on any atom is -0.395 e. The fraction of sp³-hybridized carbons (Fsp3) is 0.406. The van der Waals surface area contributed by atoms with Crippen LogP contribution in [-0.4, -0.2) is 54.2 Å². The van der Waals surface area contributed by atoms with E-state index in [0.717, 1.165) is 31.6 Å². The minimum atomic E-state index is -3.74. The van der Waals surface area contributed by atoms with Crippen LogP contribution in [0.5, 0.6) is 11.5 Å². The summed E-state index contributed by atoms with van der Waals surface area (Å²) in [5, 5.41) is 8.92. The summed E-state index contributed by atoms with van der Waals surface area (Å²) < 4.78 is 35.5. The molecule has 2 aromatic carbocycles. The molecular formula is C32H39F2N5O4. The highest BCUT2D eigenvalue weighted by molar-refractivity contribution is 6.08. The summed E-state index contributed by atoms with van der Waals surface area (Å²) in [6, 6.07) is 14.5. The zero-order chi connectivity index (χ0) is 30.7. The van der Waals surface area contributed by atoms with E-state index in [2.05, 4.69) is 49.2 Å². The van der Waals surface area contributed by atoms with Crippen molar-refractivity contribution < 1.29 is 27.8 Å². The lowest BCUT2D eigenvalue weighted by Crippen LogP contribution is -2.31. The van der Waals surface area contributed by atoms with Gasteiger partial charge < -0.3 is 30.3 Å². The lowest BCUT2D eigenvalue weighted by molar-refractivity contribution is -0.286. The lowest BCUT2D eigenvalue weighted by Gasteiger charge is -2.21. The Morgan fingerprint density at radius 1 is 0.884 bits per heavy atom.